The lowest BCUT2D eigenvalue weighted by Crippen LogP contribution is -2.20. The molecule has 0 saturated carbocycles. The summed E-state index contributed by atoms with van der Waals surface area (Å²) in [4.78, 5) is 0. The number of rotatable bonds is 8. The maximum absolute atomic E-state index is 5.51. The van der Waals surface area contributed by atoms with Crippen molar-refractivity contribution >= 4 is 0 Å². The third-order valence-corrected chi connectivity index (χ3v) is 2.66. The molecule has 1 aromatic rings. The standard InChI is InChI=1S/C13H25N3O2/c1-10(2)9-18-7-6-14-8-12-11(3)15-16(4)13(12)17-5/h10,14H,6-9H2,1-5H3. The molecule has 0 unspecified atom stereocenters. The Morgan fingerprint density at radius 1 is 1.39 bits per heavy atom. The van der Waals surface area contributed by atoms with Crippen LogP contribution < -0.4 is 10.1 Å². The van der Waals surface area contributed by atoms with Crippen LogP contribution in [0.2, 0.25) is 0 Å². The van der Waals surface area contributed by atoms with Gasteiger partial charge in [-0.15, -0.1) is 0 Å². The van der Waals surface area contributed by atoms with Crippen molar-refractivity contribution in [3.8, 4) is 5.88 Å². The van der Waals surface area contributed by atoms with Gasteiger partial charge in [0.05, 0.1) is 25.0 Å². The van der Waals surface area contributed by atoms with E-state index in [9.17, 15) is 0 Å². The normalized spacial score (nSPS) is 11.2. The number of hydrogen-bond acceptors (Lipinski definition) is 4. The number of methoxy groups -OCH3 is 1. The van der Waals surface area contributed by atoms with Gasteiger partial charge in [0, 0.05) is 26.7 Å². The van der Waals surface area contributed by atoms with E-state index in [0.29, 0.717) is 5.92 Å². The zero-order valence-electron chi connectivity index (χ0n) is 12.1. The molecular weight excluding hydrogens is 230 g/mol. The Morgan fingerprint density at radius 3 is 2.72 bits per heavy atom. The number of aryl methyl sites for hydroxylation is 2. The smallest absolute Gasteiger partial charge is 0.216 e. The lowest BCUT2D eigenvalue weighted by atomic mass is 10.2. The maximum atomic E-state index is 5.51. The van der Waals surface area contributed by atoms with Gasteiger partial charge in [-0.05, 0) is 12.8 Å². The van der Waals surface area contributed by atoms with Crippen molar-refractivity contribution in [3.63, 3.8) is 0 Å². The van der Waals surface area contributed by atoms with Crippen LogP contribution in [0.15, 0.2) is 0 Å². The van der Waals surface area contributed by atoms with E-state index in [1.165, 1.54) is 0 Å². The molecule has 0 radical (unpaired) electrons. The highest BCUT2D eigenvalue weighted by Gasteiger charge is 2.12. The number of nitrogens with one attached hydrogen (secondary N) is 1. The van der Waals surface area contributed by atoms with E-state index in [2.05, 4.69) is 24.3 Å². The fourth-order valence-electron chi connectivity index (χ4n) is 1.82. The minimum Gasteiger partial charge on any atom is -0.481 e. The third-order valence-electron chi connectivity index (χ3n) is 2.66. The van der Waals surface area contributed by atoms with Crippen LogP contribution in [-0.2, 0) is 18.3 Å². The zero-order chi connectivity index (χ0) is 13.5. The van der Waals surface area contributed by atoms with Crippen molar-refractivity contribution in [1.29, 1.82) is 0 Å². The highest BCUT2D eigenvalue weighted by atomic mass is 16.5. The highest BCUT2D eigenvalue weighted by Crippen LogP contribution is 2.20. The number of ether oxygens (including phenoxy) is 2. The minimum atomic E-state index is 0.589. The molecule has 0 aromatic carbocycles. The summed E-state index contributed by atoms with van der Waals surface area (Å²) in [7, 11) is 3.56. The molecule has 0 saturated heterocycles. The molecule has 1 rings (SSSR count). The predicted molar refractivity (Wildman–Crippen MR) is 71.9 cm³/mol. The largest absolute Gasteiger partial charge is 0.481 e. The molecule has 0 fully saturated rings. The topological polar surface area (TPSA) is 48.3 Å². The lowest BCUT2D eigenvalue weighted by Gasteiger charge is -2.09. The monoisotopic (exact) mass is 255 g/mol. The van der Waals surface area contributed by atoms with Crippen molar-refractivity contribution in [2.75, 3.05) is 26.9 Å². The summed E-state index contributed by atoms with van der Waals surface area (Å²) in [5.74, 6) is 1.41. The molecule has 0 bridgehead atoms. The molecule has 1 N–H and O–H groups in total. The van der Waals surface area contributed by atoms with Gasteiger partial charge in [-0.2, -0.15) is 5.10 Å². The first-order valence-electron chi connectivity index (χ1n) is 6.41. The summed E-state index contributed by atoms with van der Waals surface area (Å²) < 4.78 is 12.6. The first-order chi connectivity index (χ1) is 8.56. The van der Waals surface area contributed by atoms with E-state index in [-0.39, 0.29) is 0 Å². The molecule has 5 heteroatoms. The molecular formula is C13H25N3O2. The first kappa shape index (κ1) is 15.0. The Bertz CT molecular complexity index is 361. The van der Waals surface area contributed by atoms with Crippen LogP contribution in [0.1, 0.15) is 25.1 Å². The fraction of sp³-hybridized carbons (Fsp3) is 0.769. The van der Waals surface area contributed by atoms with E-state index < -0.39 is 0 Å². The average Bonchev–Trinajstić information content (AvgIpc) is 2.57. The molecule has 0 aliphatic heterocycles. The van der Waals surface area contributed by atoms with Crippen molar-refractivity contribution in [2.45, 2.75) is 27.3 Å². The number of nitrogens with zero attached hydrogens (tertiary/aromatic N) is 2. The van der Waals surface area contributed by atoms with Crippen LogP contribution in [0.3, 0.4) is 0 Å². The number of hydrogen-bond donors (Lipinski definition) is 1. The predicted octanol–water partition coefficient (Wildman–Crippen LogP) is 1.50. The third kappa shape index (κ3) is 4.31. The SMILES string of the molecule is COc1c(CNCCOCC(C)C)c(C)nn1C. The maximum Gasteiger partial charge on any atom is 0.216 e. The van der Waals surface area contributed by atoms with E-state index in [4.69, 9.17) is 9.47 Å². The first-order valence-corrected chi connectivity index (χ1v) is 6.41. The second-order valence-electron chi connectivity index (χ2n) is 4.84. The van der Waals surface area contributed by atoms with Crippen molar-refractivity contribution in [2.24, 2.45) is 13.0 Å². The van der Waals surface area contributed by atoms with Gasteiger partial charge in [0.25, 0.3) is 0 Å². The Morgan fingerprint density at radius 2 is 2.11 bits per heavy atom. The molecule has 0 amide bonds. The van der Waals surface area contributed by atoms with E-state index in [1.807, 2.05) is 14.0 Å². The Labute approximate surface area is 109 Å². The van der Waals surface area contributed by atoms with Gasteiger partial charge in [-0.1, -0.05) is 13.8 Å². The van der Waals surface area contributed by atoms with E-state index >= 15 is 0 Å². The van der Waals surface area contributed by atoms with Crippen molar-refractivity contribution < 1.29 is 9.47 Å². The summed E-state index contributed by atoms with van der Waals surface area (Å²) in [5.41, 5.74) is 2.12. The van der Waals surface area contributed by atoms with Gasteiger partial charge in [0.2, 0.25) is 5.88 Å². The summed E-state index contributed by atoms with van der Waals surface area (Å²) in [5, 5.41) is 7.69. The van der Waals surface area contributed by atoms with Gasteiger partial charge in [-0.3, -0.25) is 0 Å². The summed E-state index contributed by atoms with van der Waals surface area (Å²) in [6, 6.07) is 0. The van der Waals surface area contributed by atoms with Crippen molar-refractivity contribution in [1.82, 2.24) is 15.1 Å². The van der Waals surface area contributed by atoms with Crippen LogP contribution in [0.25, 0.3) is 0 Å². The molecule has 1 aromatic heterocycles. The van der Waals surface area contributed by atoms with Gasteiger partial charge in [0.15, 0.2) is 0 Å². The number of aromatic nitrogens is 2. The summed E-state index contributed by atoms with van der Waals surface area (Å²) in [6.07, 6.45) is 0. The van der Waals surface area contributed by atoms with Crippen LogP contribution >= 0.6 is 0 Å². The van der Waals surface area contributed by atoms with Crippen LogP contribution in [0, 0.1) is 12.8 Å². The van der Waals surface area contributed by atoms with Gasteiger partial charge >= 0.3 is 0 Å². The molecule has 5 nitrogen and oxygen atoms in total. The van der Waals surface area contributed by atoms with E-state index in [0.717, 1.165) is 43.4 Å². The van der Waals surface area contributed by atoms with Crippen LogP contribution in [0.5, 0.6) is 5.88 Å². The molecule has 0 aliphatic carbocycles. The molecule has 18 heavy (non-hydrogen) atoms. The fourth-order valence-corrected chi connectivity index (χ4v) is 1.82. The molecule has 104 valence electrons. The summed E-state index contributed by atoms with van der Waals surface area (Å²) >= 11 is 0. The van der Waals surface area contributed by atoms with Gasteiger partial charge in [-0.25, -0.2) is 4.68 Å². The summed E-state index contributed by atoms with van der Waals surface area (Å²) in [6.45, 7) is 9.44. The molecule has 0 spiro atoms. The van der Waals surface area contributed by atoms with Gasteiger partial charge in [0.1, 0.15) is 0 Å². The van der Waals surface area contributed by atoms with Crippen LogP contribution in [-0.4, -0.2) is 36.6 Å². The molecule has 0 atom stereocenters. The Hall–Kier alpha value is -1.07. The molecule has 0 aliphatic rings. The average molecular weight is 255 g/mol. The van der Waals surface area contributed by atoms with Gasteiger partial charge < -0.3 is 14.8 Å². The van der Waals surface area contributed by atoms with Crippen molar-refractivity contribution in [3.05, 3.63) is 11.3 Å². The van der Waals surface area contributed by atoms with Crippen LogP contribution in [0.4, 0.5) is 0 Å². The Kier molecular flexibility index (Phi) is 6.15. The minimum absolute atomic E-state index is 0.589. The second-order valence-corrected chi connectivity index (χ2v) is 4.84. The van der Waals surface area contributed by atoms with E-state index in [1.54, 1.807) is 11.8 Å². The quantitative estimate of drug-likeness (QED) is 0.715. The Balaban J connectivity index is 2.31. The second kappa shape index (κ2) is 7.38. The lowest BCUT2D eigenvalue weighted by molar-refractivity contribution is 0.111. The zero-order valence-corrected chi connectivity index (χ0v) is 12.1. The molecule has 1 heterocycles. The highest BCUT2D eigenvalue weighted by molar-refractivity contribution is 5.30.